The maximum Gasteiger partial charge on any atom is 0.248 e. The lowest BCUT2D eigenvalue weighted by Crippen LogP contribution is -2.10. The predicted octanol–water partition coefficient (Wildman–Crippen LogP) is 6.02. The lowest BCUT2D eigenvalue weighted by atomic mass is 9.95. The van der Waals surface area contributed by atoms with Gasteiger partial charge >= 0.3 is 0 Å². The number of carbonyl (C=O) groups excluding carboxylic acids is 1. The Balaban J connectivity index is 1.45. The number of carbonyl (C=O) groups is 1. The van der Waals surface area contributed by atoms with Crippen LogP contribution in [-0.4, -0.2) is 20.1 Å². The van der Waals surface area contributed by atoms with Crippen LogP contribution in [-0.2, 0) is 13.0 Å². The smallest absolute Gasteiger partial charge is 0.248 e. The molecule has 6 heteroatoms. The van der Waals surface area contributed by atoms with E-state index in [4.69, 9.17) is 24.7 Å². The van der Waals surface area contributed by atoms with Gasteiger partial charge in [-0.15, -0.1) is 0 Å². The summed E-state index contributed by atoms with van der Waals surface area (Å²) < 4.78 is 23.8. The fourth-order valence-corrected chi connectivity index (χ4v) is 4.36. The maximum atomic E-state index is 11.6. The van der Waals surface area contributed by atoms with Gasteiger partial charge in [0.25, 0.3) is 0 Å². The fourth-order valence-electron chi connectivity index (χ4n) is 4.36. The van der Waals surface area contributed by atoms with E-state index in [2.05, 4.69) is 0 Å². The summed E-state index contributed by atoms with van der Waals surface area (Å²) in [7, 11) is 3.24. The zero-order valence-electron chi connectivity index (χ0n) is 20.7. The summed E-state index contributed by atoms with van der Waals surface area (Å²) in [6.45, 7) is 0.504. The van der Waals surface area contributed by atoms with Crippen LogP contribution in [0, 0.1) is 0 Å². The van der Waals surface area contributed by atoms with Crippen molar-refractivity contribution in [2.24, 2.45) is 5.73 Å². The molecule has 0 radical (unpaired) electrons. The number of allylic oxidation sites excluding steroid dienone is 1. The summed E-state index contributed by atoms with van der Waals surface area (Å²) in [4.78, 5) is 11.6. The van der Waals surface area contributed by atoms with Crippen LogP contribution in [0.4, 0.5) is 0 Å². The fraction of sp³-hybridized carbons (Fsp3) is 0.129. The first-order valence-electron chi connectivity index (χ1n) is 11.9. The van der Waals surface area contributed by atoms with Crippen molar-refractivity contribution in [1.82, 2.24) is 0 Å². The molecule has 1 amide bonds. The molecule has 4 aromatic carbocycles. The highest BCUT2D eigenvalue weighted by atomic mass is 16.5. The van der Waals surface area contributed by atoms with Crippen LogP contribution in [0.2, 0.25) is 0 Å². The van der Waals surface area contributed by atoms with Crippen LogP contribution in [0.15, 0.2) is 91.0 Å². The zero-order valence-corrected chi connectivity index (χ0v) is 20.7. The van der Waals surface area contributed by atoms with Gasteiger partial charge in [0.2, 0.25) is 5.91 Å². The number of nitrogens with two attached hydrogens (primary N) is 1. The topological polar surface area (TPSA) is 80.0 Å². The molecule has 1 aliphatic rings. The van der Waals surface area contributed by atoms with Crippen molar-refractivity contribution in [1.29, 1.82) is 0 Å². The lowest BCUT2D eigenvalue weighted by molar-refractivity contribution is 0.100. The molecule has 0 unspecified atom stereocenters. The molecule has 0 aliphatic carbocycles. The normalized spacial score (nSPS) is 12.1. The quantitative estimate of drug-likeness (QED) is 0.324. The summed E-state index contributed by atoms with van der Waals surface area (Å²) in [6.07, 6.45) is 2.66. The Labute approximate surface area is 215 Å². The largest absolute Gasteiger partial charge is 0.496 e. The van der Waals surface area contributed by atoms with Crippen LogP contribution >= 0.6 is 0 Å². The highest BCUT2D eigenvalue weighted by Gasteiger charge is 2.26. The molecule has 37 heavy (non-hydrogen) atoms. The average Bonchev–Trinajstić information content (AvgIpc) is 2.95. The Bertz CT molecular complexity index is 1440. The SMILES string of the molecule is COc1cc(OC)c(-c2ccc(C(N)=O)cc2)c2c1CC=C(c1ccc(OCc3ccccc3)cc1)O2. The van der Waals surface area contributed by atoms with Gasteiger partial charge in [-0.2, -0.15) is 0 Å². The predicted molar refractivity (Wildman–Crippen MR) is 143 cm³/mol. The molecule has 1 aliphatic heterocycles. The first-order chi connectivity index (χ1) is 18.1. The van der Waals surface area contributed by atoms with Gasteiger partial charge in [-0.05, 0) is 53.6 Å². The number of amides is 1. The molecule has 0 saturated heterocycles. The first kappa shape index (κ1) is 24.0. The van der Waals surface area contributed by atoms with E-state index in [1.54, 1.807) is 26.4 Å². The maximum absolute atomic E-state index is 11.6. The number of methoxy groups -OCH3 is 2. The second-order valence-electron chi connectivity index (χ2n) is 8.58. The number of ether oxygens (including phenoxy) is 4. The second kappa shape index (κ2) is 10.5. The molecule has 0 bridgehead atoms. The van der Waals surface area contributed by atoms with Gasteiger partial charge in [0.15, 0.2) is 0 Å². The van der Waals surface area contributed by atoms with Gasteiger partial charge < -0.3 is 24.7 Å². The van der Waals surface area contributed by atoms with Crippen LogP contribution in [0.3, 0.4) is 0 Å². The molecular formula is C31H27NO5. The van der Waals surface area contributed by atoms with Gasteiger partial charge in [-0.3, -0.25) is 4.79 Å². The van der Waals surface area contributed by atoms with E-state index in [-0.39, 0.29) is 0 Å². The van der Waals surface area contributed by atoms with Crippen LogP contribution < -0.4 is 24.7 Å². The molecule has 0 spiro atoms. The minimum absolute atomic E-state index is 0.432. The Morgan fingerprint density at radius 1 is 0.865 bits per heavy atom. The number of fused-ring (bicyclic) bond motifs is 1. The number of benzene rings is 4. The van der Waals surface area contributed by atoms with Gasteiger partial charge in [0.05, 0.1) is 19.8 Å². The van der Waals surface area contributed by atoms with Crippen LogP contribution in [0.25, 0.3) is 16.9 Å². The third kappa shape index (κ3) is 5.00. The lowest BCUT2D eigenvalue weighted by Gasteiger charge is -2.25. The standard InChI is InChI=1S/C31H27NO5/c1-34-27-18-28(35-2)29(22-8-10-23(11-9-22)31(32)33)30-25(27)16-17-26(37-30)21-12-14-24(15-13-21)36-19-20-6-4-3-5-7-20/h3-15,17-18H,16,19H2,1-2H3,(H2,32,33). The number of primary amides is 1. The van der Waals surface area contributed by atoms with Crippen molar-refractivity contribution in [3.63, 3.8) is 0 Å². The number of rotatable bonds is 8. The minimum Gasteiger partial charge on any atom is -0.496 e. The zero-order chi connectivity index (χ0) is 25.8. The average molecular weight is 494 g/mol. The van der Waals surface area contributed by atoms with E-state index < -0.39 is 5.91 Å². The summed E-state index contributed by atoms with van der Waals surface area (Å²) in [5, 5.41) is 0. The van der Waals surface area contributed by atoms with Gasteiger partial charge in [-0.25, -0.2) is 0 Å². The minimum atomic E-state index is -0.479. The van der Waals surface area contributed by atoms with Crippen molar-refractivity contribution in [3.8, 4) is 34.1 Å². The summed E-state index contributed by atoms with van der Waals surface area (Å²) >= 11 is 0. The van der Waals surface area contributed by atoms with Gasteiger partial charge in [0.1, 0.15) is 35.4 Å². The molecule has 0 fully saturated rings. The molecule has 0 saturated carbocycles. The van der Waals surface area contributed by atoms with Gasteiger partial charge in [0, 0.05) is 29.2 Å². The van der Waals surface area contributed by atoms with Gasteiger partial charge in [-0.1, -0.05) is 42.5 Å². The van der Waals surface area contributed by atoms with E-state index in [1.165, 1.54) is 0 Å². The summed E-state index contributed by atoms with van der Waals surface area (Å²) in [6, 6.07) is 26.8. The van der Waals surface area contributed by atoms with E-state index in [1.807, 2.05) is 78.9 Å². The van der Waals surface area contributed by atoms with Crippen molar-refractivity contribution in [3.05, 3.63) is 113 Å². The molecule has 6 nitrogen and oxygen atoms in total. The first-order valence-corrected chi connectivity index (χ1v) is 11.9. The van der Waals surface area contributed by atoms with E-state index in [0.29, 0.717) is 35.8 Å². The molecule has 0 atom stereocenters. The monoisotopic (exact) mass is 493 g/mol. The third-order valence-electron chi connectivity index (χ3n) is 6.30. The van der Waals surface area contributed by atoms with E-state index in [0.717, 1.165) is 39.3 Å². The van der Waals surface area contributed by atoms with Crippen LogP contribution in [0.5, 0.6) is 23.0 Å². The molecule has 2 N–H and O–H groups in total. The highest BCUT2D eigenvalue weighted by molar-refractivity contribution is 5.94. The van der Waals surface area contributed by atoms with Crippen LogP contribution in [0.1, 0.15) is 27.0 Å². The van der Waals surface area contributed by atoms with Crippen molar-refractivity contribution in [2.45, 2.75) is 13.0 Å². The molecule has 186 valence electrons. The Hall–Kier alpha value is -4.71. The number of hydrogen-bond acceptors (Lipinski definition) is 5. The molecule has 0 aromatic heterocycles. The molecular weight excluding hydrogens is 466 g/mol. The summed E-state index contributed by atoms with van der Waals surface area (Å²) in [5.41, 5.74) is 10.4. The Morgan fingerprint density at radius 2 is 1.54 bits per heavy atom. The Kier molecular flexibility index (Phi) is 6.81. The third-order valence-corrected chi connectivity index (χ3v) is 6.30. The van der Waals surface area contributed by atoms with E-state index >= 15 is 0 Å². The van der Waals surface area contributed by atoms with Crippen molar-refractivity contribution < 1.29 is 23.7 Å². The van der Waals surface area contributed by atoms with Crippen molar-refractivity contribution in [2.75, 3.05) is 14.2 Å². The second-order valence-corrected chi connectivity index (χ2v) is 8.58. The molecule has 4 aromatic rings. The van der Waals surface area contributed by atoms with Crippen molar-refractivity contribution >= 4 is 11.7 Å². The number of hydrogen-bond donors (Lipinski definition) is 1. The highest BCUT2D eigenvalue weighted by Crippen LogP contribution is 2.49. The molecule has 5 rings (SSSR count). The summed E-state index contributed by atoms with van der Waals surface area (Å²) in [5.74, 6) is 2.98. The Morgan fingerprint density at radius 3 is 2.19 bits per heavy atom. The molecule has 1 heterocycles. The van der Waals surface area contributed by atoms with E-state index in [9.17, 15) is 4.79 Å².